The third kappa shape index (κ3) is 4.71. The zero-order valence-electron chi connectivity index (χ0n) is 12.9. The van der Waals surface area contributed by atoms with Gasteiger partial charge in [0.05, 0.1) is 5.41 Å². The van der Waals surface area contributed by atoms with Crippen molar-refractivity contribution in [3.05, 3.63) is 18.3 Å². The van der Waals surface area contributed by atoms with Gasteiger partial charge < -0.3 is 20.7 Å². The number of nitrogens with two attached hydrogens (primary N) is 1. The minimum Gasteiger partial charge on any atom is -0.381 e. The monoisotopic (exact) mass is 350 g/mol. The SMILES string of the molecule is CN(C)c1cc(NC(=O)C2(CN)CCOCC2)ccn1.Cl.Cl. The van der Waals surface area contributed by atoms with Gasteiger partial charge in [-0.05, 0) is 18.9 Å². The van der Waals surface area contributed by atoms with Crippen molar-refractivity contribution in [1.29, 1.82) is 0 Å². The fourth-order valence-corrected chi connectivity index (χ4v) is 2.29. The predicted molar refractivity (Wildman–Crippen MR) is 93.2 cm³/mol. The molecule has 126 valence electrons. The number of carbonyl (C=O) groups excluding carboxylic acids is 1. The van der Waals surface area contributed by atoms with Gasteiger partial charge in [0.2, 0.25) is 5.91 Å². The summed E-state index contributed by atoms with van der Waals surface area (Å²) < 4.78 is 5.33. The van der Waals surface area contributed by atoms with Gasteiger partial charge in [-0.15, -0.1) is 24.8 Å². The fraction of sp³-hybridized carbons (Fsp3) is 0.571. The Balaban J connectivity index is 0.00000220. The fourth-order valence-electron chi connectivity index (χ4n) is 2.29. The Morgan fingerprint density at radius 2 is 2.05 bits per heavy atom. The highest BCUT2D eigenvalue weighted by Crippen LogP contribution is 2.31. The van der Waals surface area contributed by atoms with Gasteiger partial charge >= 0.3 is 0 Å². The Bertz CT molecular complexity index is 480. The van der Waals surface area contributed by atoms with Crippen LogP contribution in [0.3, 0.4) is 0 Å². The van der Waals surface area contributed by atoms with Gasteiger partial charge in [-0.3, -0.25) is 4.79 Å². The van der Waals surface area contributed by atoms with Crippen LogP contribution in [0.15, 0.2) is 18.3 Å². The van der Waals surface area contributed by atoms with E-state index in [9.17, 15) is 4.79 Å². The Morgan fingerprint density at radius 3 is 2.59 bits per heavy atom. The summed E-state index contributed by atoms with van der Waals surface area (Å²) in [5, 5.41) is 2.96. The second-order valence-corrected chi connectivity index (χ2v) is 5.35. The number of anilines is 2. The van der Waals surface area contributed by atoms with Gasteiger partial charge in [0, 0.05) is 51.8 Å². The van der Waals surface area contributed by atoms with Crippen molar-refractivity contribution in [2.45, 2.75) is 12.8 Å². The Labute approximate surface area is 143 Å². The molecule has 1 aromatic rings. The van der Waals surface area contributed by atoms with Crippen LogP contribution in [0.25, 0.3) is 0 Å². The van der Waals surface area contributed by atoms with Crippen LogP contribution in [0.1, 0.15) is 12.8 Å². The molecule has 0 saturated carbocycles. The van der Waals surface area contributed by atoms with E-state index in [0.29, 0.717) is 32.6 Å². The average molecular weight is 351 g/mol. The van der Waals surface area contributed by atoms with Crippen LogP contribution < -0.4 is 16.0 Å². The van der Waals surface area contributed by atoms with Crippen LogP contribution in [0.5, 0.6) is 0 Å². The molecule has 0 unspecified atom stereocenters. The number of nitrogens with zero attached hydrogens (tertiary/aromatic N) is 2. The summed E-state index contributed by atoms with van der Waals surface area (Å²) in [7, 11) is 3.82. The molecule has 2 heterocycles. The third-order valence-electron chi connectivity index (χ3n) is 3.78. The van der Waals surface area contributed by atoms with Crippen molar-refractivity contribution in [2.75, 3.05) is 44.1 Å². The molecule has 1 fully saturated rings. The minimum atomic E-state index is -0.514. The van der Waals surface area contributed by atoms with Crippen molar-refractivity contribution in [3.63, 3.8) is 0 Å². The first-order chi connectivity index (χ1) is 9.57. The normalized spacial score (nSPS) is 16.0. The molecule has 1 saturated heterocycles. The average Bonchev–Trinajstić information content (AvgIpc) is 2.48. The zero-order chi connectivity index (χ0) is 14.6. The van der Waals surface area contributed by atoms with E-state index in [1.165, 1.54) is 0 Å². The van der Waals surface area contributed by atoms with Gasteiger partial charge in [0.1, 0.15) is 5.82 Å². The first kappa shape index (κ1) is 20.9. The lowest BCUT2D eigenvalue weighted by Gasteiger charge is -2.34. The van der Waals surface area contributed by atoms with Crippen molar-refractivity contribution < 1.29 is 9.53 Å². The summed E-state index contributed by atoms with van der Waals surface area (Å²) >= 11 is 0. The molecule has 22 heavy (non-hydrogen) atoms. The molecule has 0 aliphatic carbocycles. The predicted octanol–water partition coefficient (Wildman–Crippen LogP) is 1.69. The Hall–Kier alpha value is -1.08. The van der Waals surface area contributed by atoms with Crippen molar-refractivity contribution >= 4 is 42.2 Å². The summed E-state index contributed by atoms with van der Waals surface area (Å²) in [5.74, 6) is 0.774. The summed E-state index contributed by atoms with van der Waals surface area (Å²) in [4.78, 5) is 18.6. The number of amides is 1. The number of halogens is 2. The molecule has 0 aromatic carbocycles. The van der Waals surface area contributed by atoms with Crippen LogP contribution in [0, 0.1) is 5.41 Å². The van der Waals surface area contributed by atoms with E-state index in [1.807, 2.05) is 25.1 Å². The number of ether oxygens (including phenoxy) is 1. The molecule has 1 aliphatic heterocycles. The molecule has 0 atom stereocenters. The maximum Gasteiger partial charge on any atom is 0.232 e. The molecule has 1 aromatic heterocycles. The number of aromatic nitrogens is 1. The number of carbonyl (C=O) groups is 1. The Kier molecular flexibility index (Phi) is 8.70. The van der Waals surface area contributed by atoms with Crippen LogP contribution in [0.4, 0.5) is 11.5 Å². The number of hydrogen-bond acceptors (Lipinski definition) is 5. The van der Waals surface area contributed by atoms with Gasteiger partial charge in [0.15, 0.2) is 0 Å². The quantitative estimate of drug-likeness (QED) is 0.863. The lowest BCUT2D eigenvalue weighted by atomic mass is 9.79. The lowest BCUT2D eigenvalue weighted by Crippen LogP contribution is -2.46. The number of nitrogens with one attached hydrogen (secondary N) is 1. The largest absolute Gasteiger partial charge is 0.381 e. The van der Waals surface area contributed by atoms with E-state index in [2.05, 4.69) is 10.3 Å². The van der Waals surface area contributed by atoms with E-state index in [0.717, 1.165) is 11.5 Å². The highest BCUT2D eigenvalue weighted by atomic mass is 35.5. The summed E-state index contributed by atoms with van der Waals surface area (Å²) in [6.45, 7) is 1.52. The molecule has 3 N–H and O–H groups in total. The van der Waals surface area contributed by atoms with Crippen LogP contribution in [-0.2, 0) is 9.53 Å². The van der Waals surface area contributed by atoms with E-state index in [-0.39, 0.29) is 30.7 Å². The smallest absolute Gasteiger partial charge is 0.232 e. The second kappa shape index (κ2) is 9.15. The maximum absolute atomic E-state index is 12.5. The lowest BCUT2D eigenvalue weighted by molar-refractivity contribution is -0.130. The first-order valence-corrected chi connectivity index (χ1v) is 6.80. The van der Waals surface area contributed by atoms with Crippen LogP contribution in [-0.4, -0.2) is 44.7 Å². The van der Waals surface area contributed by atoms with E-state index >= 15 is 0 Å². The number of rotatable bonds is 4. The molecule has 0 radical (unpaired) electrons. The first-order valence-electron chi connectivity index (χ1n) is 6.80. The third-order valence-corrected chi connectivity index (χ3v) is 3.78. The molecule has 0 bridgehead atoms. The van der Waals surface area contributed by atoms with Crippen molar-refractivity contribution in [3.8, 4) is 0 Å². The molecule has 6 nitrogen and oxygen atoms in total. The van der Waals surface area contributed by atoms with Crippen LogP contribution >= 0.6 is 24.8 Å². The van der Waals surface area contributed by atoms with Crippen molar-refractivity contribution in [2.24, 2.45) is 11.1 Å². The van der Waals surface area contributed by atoms with E-state index in [1.54, 1.807) is 12.3 Å². The van der Waals surface area contributed by atoms with Crippen LogP contribution in [0.2, 0.25) is 0 Å². The van der Waals surface area contributed by atoms with E-state index < -0.39 is 5.41 Å². The topological polar surface area (TPSA) is 80.5 Å². The van der Waals surface area contributed by atoms with Gasteiger partial charge in [0.25, 0.3) is 0 Å². The molecular weight excluding hydrogens is 327 g/mol. The molecule has 0 spiro atoms. The molecule has 1 aliphatic rings. The highest BCUT2D eigenvalue weighted by Gasteiger charge is 2.38. The minimum absolute atomic E-state index is 0. The van der Waals surface area contributed by atoms with Gasteiger partial charge in [-0.25, -0.2) is 4.98 Å². The molecular formula is C14H24Cl2N4O2. The highest BCUT2D eigenvalue weighted by molar-refractivity contribution is 5.95. The van der Waals surface area contributed by atoms with E-state index in [4.69, 9.17) is 10.5 Å². The molecule has 2 rings (SSSR count). The van der Waals surface area contributed by atoms with Crippen molar-refractivity contribution in [1.82, 2.24) is 4.98 Å². The Morgan fingerprint density at radius 1 is 1.41 bits per heavy atom. The van der Waals surface area contributed by atoms with Gasteiger partial charge in [-0.2, -0.15) is 0 Å². The standard InChI is InChI=1S/C14H22N4O2.2ClH/c1-18(2)12-9-11(3-6-16-12)17-13(19)14(10-15)4-7-20-8-5-14;;/h3,6,9H,4-5,7-8,10,15H2,1-2H3,(H,16,17,19);2*1H. The number of hydrogen-bond donors (Lipinski definition) is 2. The molecule has 8 heteroatoms. The summed E-state index contributed by atoms with van der Waals surface area (Å²) in [5.41, 5.74) is 6.06. The number of pyridine rings is 1. The summed E-state index contributed by atoms with van der Waals surface area (Å²) in [6, 6.07) is 3.63. The summed E-state index contributed by atoms with van der Waals surface area (Å²) in [6.07, 6.45) is 3.02. The second-order valence-electron chi connectivity index (χ2n) is 5.35. The maximum atomic E-state index is 12.5. The zero-order valence-corrected chi connectivity index (χ0v) is 14.5. The van der Waals surface area contributed by atoms with Gasteiger partial charge in [-0.1, -0.05) is 0 Å². The molecule has 1 amide bonds.